The van der Waals surface area contributed by atoms with Crippen LogP contribution in [0.1, 0.15) is 23.9 Å². The van der Waals surface area contributed by atoms with Gasteiger partial charge in [-0.3, -0.25) is 0 Å². The minimum Gasteiger partial charge on any atom is -0.486 e. The summed E-state index contributed by atoms with van der Waals surface area (Å²) in [5.41, 5.74) is 0.774. The first-order valence-electron chi connectivity index (χ1n) is 6.21. The molecule has 0 amide bonds. The van der Waals surface area contributed by atoms with Gasteiger partial charge in [0.25, 0.3) is 0 Å². The van der Waals surface area contributed by atoms with Crippen LogP contribution in [0, 0.1) is 0 Å². The van der Waals surface area contributed by atoms with Crippen LogP contribution in [0.4, 0.5) is 5.13 Å². The lowest BCUT2D eigenvalue weighted by molar-refractivity contribution is 0.258. The molecule has 19 heavy (non-hydrogen) atoms. The molecule has 0 aliphatic heterocycles. The topological polar surface area (TPSA) is 67.3 Å². The Hall–Kier alpha value is -1.66. The van der Waals surface area contributed by atoms with Crippen molar-refractivity contribution in [3.63, 3.8) is 0 Å². The van der Waals surface area contributed by atoms with E-state index in [1.54, 1.807) is 0 Å². The Labute approximate surface area is 116 Å². The van der Waals surface area contributed by atoms with Crippen molar-refractivity contribution < 1.29 is 9.84 Å². The smallest absolute Gasteiger partial charge is 0.205 e. The van der Waals surface area contributed by atoms with Gasteiger partial charge in [0, 0.05) is 12.1 Å². The number of benzene rings is 1. The summed E-state index contributed by atoms with van der Waals surface area (Å²) in [7, 11) is 0. The summed E-state index contributed by atoms with van der Waals surface area (Å²) in [4.78, 5) is 0. The first-order chi connectivity index (χ1) is 9.33. The molecule has 1 aromatic heterocycles. The maximum Gasteiger partial charge on any atom is 0.205 e. The Morgan fingerprint density at radius 1 is 1.32 bits per heavy atom. The van der Waals surface area contributed by atoms with Crippen molar-refractivity contribution in [2.24, 2.45) is 0 Å². The molecule has 0 aliphatic rings. The Kier molecular flexibility index (Phi) is 5.11. The van der Waals surface area contributed by atoms with Gasteiger partial charge in [-0.15, -0.1) is 10.2 Å². The standard InChI is InChI=1S/C13H17N3O2S/c1-2-7-14-13-16-15-12(19-13)9-18-11-6-4-3-5-10(11)8-17/h3-6,17H,2,7-9H2,1H3,(H,14,16). The molecule has 0 spiro atoms. The van der Waals surface area contributed by atoms with E-state index in [2.05, 4.69) is 22.4 Å². The predicted octanol–water partition coefficient (Wildman–Crippen LogP) is 2.43. The molecule has 2 rings (SSSR count). The molecule has 0 bridgehead atoms. The number of aliphatic hydroxyl groups is 1. The Bertz CT molecular complexity index is 516. The average Bonchev–Trinajstić information content (AvgIpc) is 2.91. The number of para-hydroxylation sites is 1. The first kappa shape index (κ1) is 13.8. The number of anilines is 1. The van der Waals surface area contributed by atoms with Crippen molar-refractivity contribution in [3.05, 3.63) is 34.8 Å². The number of rotatable bonds is 7. The lowest BCUT2D eigenvalue weighted by Gasteiger charge is -2.07. The lowest BCUT2D eigenvalue weighted by atomic mass is 10.2. The zero-order valence-electron chi connectivity index (χ0n) is 10.8. The van der Waals surface area contributed by atoms with Gasteiger partial charge in [0.05, 0.1) is 6.61 Å². The summed E-state index contributed by atoms with van der Waals surface area (Å²) in [6.07, 6.45) is 1.05. The van der Waals surface area contributed by atoms with Gasteiger partial charge in [-0.25, -0.2) is 0 Å². The quantitative estimate of drug-likeness (QED) is 0.814. The van der Waals surface area contributed by atoms with Gasteiger partial charge in [-0.05, 0) is 12.5 Å². The van der Waals surface area contributed by atoms with Crippen molar-refractivity contribution >= 4 is 16.5 Å². The monoisotopic (exact) mass is 279 g/mol. The van der Waals surface area contributed by atoms with Crippen LogP contribution in [0.2, 0.25) is 0 Å². The fraction of sp³-hybridized carbons (Fsp3) is 0.385. The molecule has 5 nitrogen and oxygen atoms in total. The van der Waals surface area contributed by atoms with E-state index in [4.69, 9.17) is 4.74 Å². The van der Waals surface area contributed by atoms with Crippen molar-refractivity contribution in [1.82, 2.24) is 10.2 Å². The average molecular weight is 279 g/mol. The van der Waals surface area contributed by atoms with Gasteiger partial charge >= 0.3 is 0 Å². The van der Waals surface area contributed by atoms with Crippen LogP contribution in [-0.2, 0) is 13.2 Å². The number of nitrogens with one attached hydrogen (secondary N) is 1. The fourth-order valence-corrected chi connectivity index (χ4v) is 2.21. The molecule has 0 aliphatic carbocycles. The SMILES string of the molecule is CCCNc1nnc(COc2ccccc2CO)s1. The molecule has 0 unspecified atom stereocenters. The van der Waals surface area contributed by atoms with Crippen LogP contribution in [0.25, 0.3) is 0 Å². The number of hydrogen-bond donors (Lipinski definition) is 2. The summed E-state index contributed by atoms with van der Waals surface area (Å²) in [5.74, 6) is 0.684. The van der Waals surface area contributed by atoms with Crippen molar-refractivity contribution in [2.75, 3.05) is 11.9 Å². The largest absolute Gasteiger partial charge is 0.486 e. The number of aliphatic hydroxyl groups excluding tert-OH is 1. The van der Waals surface area contributed by atoms with Crippen LogP contribution in [0.15, 0.2) is 24.3 Å². The highest BCUT2D eigenvalue weighted by Gasteiger charge is 2.06. The normalized spacial score (nSPS) is 10.4. The Morgan fingerprint density at radius 3 is 2.95 bits per heavy atom. The highest BCUT2D eigenvalue weighted by molar-refractivity contribution is 7.15. The number of nitrogens with zero attached hydrogens (tertiary/aromatic N) is 2. The summed E-state index contributed by atoms with van der Waals surface area (Å²) in [6, 6.07) is 7.42. The van der Waals surface area contributed by atoms with Gasteiger partial charge < -0.3 is 15.2 Å². The zero-order chi connectivity index (χ0) is 13.5. The predicted molar refractivity (Wildman–Crippen MR) is 75.4 cm³/mol. The summed E-state index contributed by atoms with van der Waals surface area (Å²) >= 11 is 1.48. The van der Waals surface area contributed by atoms with Gasteiger partial charge in [0.2, 0.25) is 5.13 Å². The van der Waals surface area contributed by atoms with Gasteiger partial charge in [0.1, 0.15) is 12.4 Å². The van der Waals surface area contributed by atoms with E-state index in [-0.39, 0.29) is 6.61 Å². The maximum atomic E-state index is 9.20. The van der Waals surface area contributed by atoms with Crippen LogP contribution < -0.4 is 10.1 Å². The zero-order valence-corrected chi connectivity index (χ0v) is 11.6. The molecule has 1 heterocycles. The summed E-state index contributed by atoms with van der Waals surface area (Å²) in [6.45, 7) is 3.32. The molecule has 6 heteroatoms. The van der Waals surface area contributed by atoms with Crippen molar-refractivity contribution in [1.29, 1.82) is 0 Å². The first-order valence-corrected chi connectivity index (χ1v) is 7.03. The van der Waals surface area contributed by atoms with Crippen molar-refractivity contribution in [2.45, 2.75) is 26.6 Å². The van der Waals surface area contributed by atoms with Gasteiger partial charge in [-0.1, -0.05) is 36.5 Å². The number of hydrogen-bond acceptors (Lipinski definition) is 6. The molecule has 1 aromatic carbocycles. The van der Waals surface area contributed by atoms with E-state index in [0.29, 0.717) is 12.4 Å². The van der Waals surface area contributed by atoms with Crippen LogP contribution in [0.3, 0.4) is 0 Å². The highest BCUT2D eigenvalue weighted by atomic mass is 32.1. The second-order valence-corrected chi connectivity index (χ2v) is 5.04. The molecule has 0 atom stereocenters. The van der Waals surface area contributed by atoms with E-state index in [0.717, 1.165) is 28.7 Å². The second kappa shape index (κ2) is 7.06. The van der Waals surface area contributed by atoms with Gasteiger partial charge in [-0.2, -0.15) is 0 Å². The van der Waals surface area contributed by atoms with Crippen LogP contribution >= 0.6 is 11.3 Å². The lowest BCUT2D eigenvalue weighted by Crippen LogP contribution is -1.98. The fourth-order valence-electron chi connectivity index (χ4n) is 1.53. The van der Waals surface area contributed by atoms with E-state index >= 15 is 0 Å². The Morgan fingerprint density at radius 2 is 2.16 bits per heavy atom. The highest BCUT2D eigenvalue weighted by Crippen LogP contribution is 2.21. The van der Waals surface area contributed by atoms with E-state index in [9.17, 15) is 5.11 Å². The molecule has 0 fully saturated rings. The molecule has 2 aromatic rings. The number of aromatic nitrogens is 2. The van der Waals surface area contributed by atoms with E-state index < -0.39 is 0 Å². The summed E-state index contributed by atoms with van der Waals surface area (Å²) < 4.78 is 5.65. The van der Waals surface area contributed by atoms with Gasteiger partial charge in [0.15, 0.2) is 5.01 Å². The summed E-state index contributed by atoms with van der Waals surface area (Å²) in [5, 5.41) is 22.1. The van der Waals surface area contributed by atoms with E-state index in [1.807, 2.05) is 24.3 Å². The van der Waals surface area contributed by atoms with Crippen LogP contribution in [0.5, 0.6) is 5.75 Å². The van der Waals surface area contributed by atoms with Crippen LogP contribution in [-0.4, -0.2) is 21.8 Å². The third-order valence-electron chi connectivity index (χ3n) is 2.49. The van der Waals surface area contributed by atoms with Crippen molar-refractivity contribution in [3.8, 4) is 5.75 Å². The second-order valence-electron chi connectivity index (χ2n) is 3.98. The molecule has 0 saturated carbocycles. The molecular formula is C13H17N3O2S. The maximum absolute atomic E-state index is 9.20. The third-order valence-corrected chi connectivity index (χ3v) is 3.34. The Balaban J connectivity index is 1.93. The minimum atomic E-state index is -0.0321. The molecule has 0 saturated heterocycles. The molecular weight excluding hydrogens is 262 g/mol. The molecule has 0 radical (unpaired) electrons. The molecule has 102 valence electrons. The third kappa shape index (κ3) is 3.90. The minimum absolute atomic E-state index is 0.0321. The molecule has 2 N–H and O–H groups in total. The number of ether oxygens (including phenoxy) is 1. The van der Waals surface area contributed by atoms with E-state index in [1.165, 1.54) is 11.3 Å².